The second kappa shape index (κ2) is 5.53. The van der Waals surface area contributed by atoms with Crippen LogP contribution < -0.4 is 5.73 Å². The molecule has 6 heteroatoms. The number of phenols is 1. The van der Waals surface area contributed by atoms with Gasteiger partial charge in [0.25, 0.3) is 0 Å². The Kier molecular flexibility index (Phi) is 5.04. The number of carboxylic acids is 1. The average Bonchev–Trinajstić information content (AvgIpc) is 2.08. The highest BCUT2D eigenvalue weighted by molar-refractivity contribution is 5.85. The number of rotatable bonds is 3. The average molecular weight is 236 g/mol. The first-order chi connectivity index (χ1) is 6.50. The van der Waals surface area contributed by atoms with Crippen LogP contribution in [-0.2, 0) is 4.79 Å². The summed E-state index contributed by atoms with van der Waals surface area (Å²) >= 11 is 0. The van der Waals surface area contributed by atoms with Crippen LogP contribution in [-0.4, -0.2) is 16.2 Å². The van der Waals surface area contributed by atoms with Crippen LogP contribution in [0.1, 0.15) is 18.0 Å². The molecule has 0 aliphatic rings. The zero-order chi connectivity index (χ0) is 10.7. The Hall–Kier alpha value is -1.33. The van der Waals surface area contributed by atoms with Gasteiger partial charge < -0.3 is 15.9 Å². The van der Waals surface area contributed by atoms with Crippen molar-refractivity contribution in [2.75, 3.05) is 0 Å². The Morgan fingerprint density at radius 2 is 2.13 bits per heavy atom. The van der Waals surface area contributed by atoms with E-state index in [1.807, 2.05) is 0 Å². The van der Waals surface area contributed by atoms with Crippen molar-refractivity contribution in [2.24, 2.45) is 5.73 Å². The van der Waals surface area contributed by atoms with Crippen LogP contribution in [0.3, 0.4) is 0 Å². The molecule has 0 amide bonds. The standard InChI is InChI=1S/C9H10FNO3.ClH/c10-6-2-1-5(3-8(6)12)7(11)4-9(13)14;/h1-3,7,12H,4,11H2,(H,13,14);1H. The van der Waals surface area contributed by atoms with Crippen molar-refractivity contribution in [1.82, 2.24) is 0 Å². The van der Waals surface area contributed by atoms with Crippen LogP contribution in [0.4, 0.5) is 4.39 Å². The second-order valence-corrected chi connectivity index (χ2v) is 2.92. The third kappa shape index (κ3) is 3.73. The van der Waals surface area contributed by atoms with Crippen molar-refractivity contribution in [3.05, 3.63) is 29.6 Å². The summed E-state index contributed by atoms with van der Waals surface area (Å²) < 4.78 is 12.6. The predicted molar refractivity (Wildman–Crippen MR) is 54.5 cm³/mol. The van der Waals surface area contributed by atoms with Gasteiger partial charge in [0, 0.05) is 6.04 Å². The molecule has 4 N–H and O–H groups in total. The number of hydrogen-bond donors (Lipinski definition) is 3. The van der Waals surface area contributed by atoms with Crippen LogP contribution in [0.25, 0.3) is 0 Å². The van der Waals surface area contributed by atoms with Crippen LogP contribution in [0.5, 0.6) is 5.75 Å². The summed E-state index contributed by atoms with van der Waals surface area (Å²) in [6.07, 6.45) is -0.259. The van der Waals surface area contributed by atoms with Crippen molar-refractivity contribution in [1.29, 1.82) is 0 Å². The van der Waals surface area contributed by atoms with Crippen LogP contribution in [0, 0.1) is 5.82 Å². The highest BCUT2D eigenvalue weighted by atomic mass is 35.5. The number of nitrogens with two attached hydrogens (primary N) is 1. The molecule has 0 radical (unpaired) electrons. The molecule has 0 aliphatic carbocycles. The Bertz CT molecular complexity index is 359. The zero-order valence-corrected chi connectivity index (χ0v) is 8.50. The molecule has 1 unspecified atom stereocenters. The van der Waals surface area contributed by atoms with Crippen LogP contribution in [0.15, 0.2) is 18.2 Å². The summed E-state index contributed by atoms with van der Waals surface area (Å²) in [6.45, 7) is 0. The lowest BCUT2D eigenvalue weighted by atomic mass is 10.0. The molecule has 0 heterocycles. The quantitative estimate of drug-likeness (QED) is 0.740. The maximum absolute atomic E-state index is 12.6. The van der Waals surface area contributed by atoms with Gasteiger partial charge in [-0.3, -0.25) is 4.79 Å². The molecule has 0 saturated heterocycles. The first-order valence-corrected chi connectivity index (χ1v) is 3.96. The van der Waals surface area contributed by atoms with Gasteiger partial charge in [0.2, 0.25) is 0 Å². The fraction of sp³-hybridized carbons (Fsp3) is 0.222. The lowest BCUT2D eigenvalue weighted by Crippen LogP contribution is -2.14. The van der Waals surface area contributed by atoms with Crippen molar-refractivity contribution < 1.29 is 19.4 Å². The molecule has 0 spiro atoms. The smallest absolute Gasteiger partial charge is 0.305 e. The van der Waals surface area contributed by atoms with Gasteiger partial charge >= 0.3 is 5.97 Å². The minimum Gasteiger partial charge on any atom is -0.505 e. The molecule has 0 saturated carbocycles. The van der Waals surface area contributed by atoms with E-state index in [1.54, 1.807) is 0 Å². The number of aliphatic carboxylic acids is 1. The molecule has 1 aromatic carbocycles. The lowest BCUT2D eigenvalue weighted by molar-refractivity contribution is -0.137. The Labute approximate surface area is 91.9 Å². The second-order valence-electron chi connectivity index (χ2n) is 2.92. The molecule has 0 fully saturated rings. The molecule has 0 aromatic heterocycles. The normalized spacial score (nSPS) is 11.6. The maximum Gasteiger partial charge on any atom is 0.305 e. The SMILES string of the molecule is Cl.NC(CC(=O)O)c1ccc(F)c(O)c1. The maximum atomic E-state index is 12.6. The molecule has 1 aromatic rings. The molecule has 0 bridgehead atoms. The Morgan fingerprint density at radius 1 is 1.53 bits per heavy atom. The number of hydrogen-bond acceptors (Lipinski definition) is 3. The van der Waals surface area contributed by atoms with Crippen LogP contribution >= 0.6 is 12.4 Å². The Balaban J connectivity index is 0.00000196. The summed E-state index contributed by atoms with van der Waals surface area (Å²) in [5.41, 5.74) is 5.90. The topological polar surface area (TPSA) is 83.6 Å². The molecule has 1 rings (SSSR count). The summed E-state index contributed by atoms with van der Waals surface area (Å²) in [6, 6.07) is 2.79. The van der Waals surface area contributed by atoms with E-state index in [9.17, 15) is 9.18 Å². The number of benzene rings is 1. The molecular formula is C9H11ClFNO3. The minimum atomic E-state index is -1.04. The summed E-state index contributed by atoms with van der Waals surface area (Å²) in [5.74, 6) is -2.32. The first-order valence-electron chi connectivity index (χ1n) is 3.96. The summed E-state index contributed by atoms with van der Waals surface area (Å²) in [7, 11) is 0. The summed E-state index contributed by atoms with van der Waals surface area (Å²) in [4.78, 5) is 10.3. The molecule has 84 valence electrons. The van der Waals surface area contributed by atoms with Gasteiger partial charge in [0.1, 0.15) is 0 Å². The molecule has 15 heavy (non-hydrogen) atoms. The van der Waals surface area contributed by atoms with Gasteiger partial charge in [-0.2, -0.15) is 0 Å². The van der Waals surface area contributed by atoms with Crippen LogP contribution in [0.2, 0.25) is 0 Å². The molecule has 1 atom stereocenters. The van der Waals surface area contributed by atoms with E-state index >= 15 is 0 Å². The van der Waals surface area contributed by atoms with Gasteiger partial charge in [-0.05, 0) is 17.7 Å². The van der Waals surface area contributed by atoms with E-state index in [4.69, 9.17) is 15.9 Å². The Morgan fingerprint density at radius 3 is 2.60 bits per heavy atom. The van der Waals surface area contributed by atoms with Crippen molar-refractivity contribution >= 4 is 18.4 Å². The molecule has 4 nitrogen and oxygen atoms in total. The van der Waals surface area contributed by atoms with Gasteiger partial charge in [-0.15, -0.1) is 12.4 Å². The van der Waals surface area contributed by atoms with Gasteiger partial charge in [0.15, 0.2) is 11.6 Å². The zero-order valence-electron chi connectivity index (χ0n) is 7.68. The van der Waals surface area contributed by atoms with Crippen molar-refractivity contribution in [2.45, 2.75) is 12.5 Å². The molecule has 0 aliphatic heterocycles. The van der Waals surface area contributed by atoms with E-state index in [-0.39, 0.29) is 18.8 Å². The van der Waals surface area contributed by atoms with E-state index in [0.29, 0.717) is 5.56 Å². The number of halogens is 2. The van der Waals surface area contributed by atoms with E-state index < -0.39 is 23.6 Å². The number of phenolic OH excluding ortho intramolecular Hbond substituents is 1. The fourth-order valence-corrected chi connectivity index (χ4v) is 1.07. The highest BCUT2D eigenvalue weighted by Crippen LogP contribution is 2.21. The first kappa shape index (κ1) is 13.7. The molecular weight excluding hydrogens is 225 g/mol. The van der Waals surface area contributed by atoms with Crippen molar-refractivity contribution in [3.8, 4) is 5.75 Å². The lowest BCUT2D eigenvalue weighted by Gasteiger charge is -2.09. The third-order valence-electron chi connectivity index (χ3n) is 1.79. The van der Waals surface area contributed by atoms with E-state index in [2.05, 4.69) is 0 Å². The third-order valence-corrected chi connectivity index (χ3v) is 1.79. The summed E-state index contributed by atoms with van der Waals surface area (Å²) in [5, 5.41) is 17.5. The van der Waals surface area contributed by atoms with E-state index in [0.717, 1.165) is 12.1 Å². The number of aromatic hydroxyl groups is 1. The number of carboxylic acid groups (broad SMARTS) is 1. The van der Waals surface area contributed by atoms with Gasteiger partial charge in [-0.1, -0.05) is 6.07 Å². The number of carbonyl (C=O) groups is 1. The van der Waals surface area contributed by atoms with Gasteiger partial charge in [0.05, 0.1) is 6.42 Å². The van der Waals surface area contributed by atoms with Crippen molar-refractivity contribution in [3.63, 3.8) is 0 Å². The highest BCUT2D eigenvalue weighted by Gasteiger charge is 2.12. The predicted octanol–water partition coefficient (Wildman–Crippen LogP) is 1.43. The monoisotopic (exact) mass is 235 g/mol. The van der Waals surface area contributed by atoms with Gasteiger partial charge in [-0.25, -0.2) is 4.39 Å². The largest absolute Gasteiger partial charge is 0.505 e. The fourth-order valence-electron chi connectivity index (χ4n) is 1.07. The minimum absolute atomic E-state index is 0. The van der Waals surface area contributed by atoms with E-state index in [1.165, 1.54) is 6.07 Å².